The van der Waals surface area contributed by atoms with Gasteiger partial charge in [0.1, 0.15) is 5.82 Å². The zero-order chi connectivity index (χ0) is 17.8. The number of aryl methyl sites for hydroxylation is 1. The van der Waals surface area contributed by atoms with Gasteiger partial charge in [-0.25, -0.2) is 4.98 Å². The Morgan fingerprint density at radius 3 is 2.77 bits per heavy atom. The van der Waals surface area contributed by atoms with Crippen molar-refractivity contribution in [3.05, 3.63) is 41.9 Å². The lowest BCUT2D eigenvalue weighted by Crippen LogP contribution is -2.35. The lowest BCUT2D eigenvalue weighted by molar-refractivity contribution is 0.345. The molecule has 0 spiro atoms. The van der Waals surface area contributed by atoms with E-state index in [1.165, 1.54) is 18.4 Å². The van der Waals surface area contributed by atoms with E-state index in [9.17, 15) is 0 Å². The first-order chi connectivity index (χ1) is 12.8. The minimum atomic E-state index is 0.334. The Hall–Kier alpha value is -2.21. The van der Waals surface area contributed by atoms with Crippen molar-refractivity contribution in [1.29, 1.82) is 0 Å². The molecule has 2 aromatic heterocycles. The maximum Gasteiger partial charge on any atom is 0.227 e. The first-order valence-corrected chi connectivity index (χ1v) is 9.80. The molecular formula is C20H28N6. The number of hydrogen-bond donors (Lipinski definition) is 2. The van der Waals surface area contributed by atoms with Gasteiger partial charge < -0.3 is 16.0 Å². The molecule has 26 heavy (non-hydrogen) atoms. The van der Waals surface area contributed by atoms with E-state index in [2.05, 4.69) is 27.3 Å². The number of rotatable bonds is 7. The van der Waals surface area contributed by atoms with Crippen LogP contribution in [0.25, 0.3) is 0 Å². The molecule has 0 radical (unpaired) electrons. The molecule has 0 unspecified atom stereocenters. The molecule has 6 nitrogen and oxygen atoms in total. The predicted molar refractivity (Wildman–Crippen MR) is 104 cm³/mol. The molecule has 1 saturated heterocycles. The Bertz CT molecular complexity index is 707. The SMILES string of the molecule is NC1CC(c2cc(NCCCc3cccnc3)nc(N3CCCC3)n2)C1. The average Bonchev–Trinajstić information content (AvgIpc) is 3.18. The van der Waals surface area contributed by atoms with E-state index in [0.29, 0.717) is 12.0 Å². The normalized spacial score (nSPS) is 22.3. The molecule has 0 amide bonds. The van der Waals surface area contributed by atoms with Gasteiger partial charge in [0.15, 0.2) is 0 Å². The van der Waals surface area contributed by atoms with Crippen LogP contribution in [-0.2, 0) is 6.42 Å². The first-order valence-electron chi connectivity index (χ1n) is 9.80. The second kappa shape index (κ2) is 7.99. The summed E-state index contributed by atoms with van der Waals surface area (Å²) in [6, 6.07) is 6.58. The van der Waals surface area contributed by atoms with Crippen LogP contribution in [-0.4, -0.2) is 40.6 Å². The summed E-state index contributed by atoms with van der Waals surface area (Å²) < 4.78 is 0. The molecule has 0 atom stereocenters. The van der Waals surface area contributed by atoms with E-state index in [1.54, 1.807) is 0 Å². The number of hydrogen-bond acceptors (Lipinski definition) is 6. The molecule has 138 valence electrons. The minimum Gasteiger partial charge on any atom is -0.370 e. The summed E-state index contributed by atoms with van der Waals surface area (Å²) in [5.41, 5.74) is 8.41. The molecule has 2 aromatic rings. The van der Waals surface area contributed by atoms with Crippen LogP contribution in [0, 0.1) is 0 Å². The lowest BCUT2D eigenvalue weighted by Gasteiger charge is -2.32. The minimum absolute atomic E-state index is 0.334. The van der Waals surface area contributed by atoms with Crippen LogP contribution in [0.15, 0.2) is 30.6 Å². The number of pyridine rings is 1. The molecule has 1 aliphatic carbocycles. The van der Waals surface area contributed by atoms with Crippen molar-refractivity contribution in [3.8, 4) is 0 Å². The third-order valence-corrected chi connectivity index (χ3v) is 5.39. The van der Waals surface area contributed by atoms with Crippen molar-refractivity contribution in [2.24, 2.45) is 5.73 Å². The van der Waals surface area contributed by atoms with Crippen LogP contribution in [0.2, 0.25) is 0 Å². The van der Waals surface area contributed by atoms with Gasteiger partial charge in [-0.3, -0.25) is 4.98 Å². The standard InChI is InChI=1S/C20H28N6/c21-17-11-16(12-17)18-13-19(25-20(24-18)26-9-1-2-10-26)23-8-4-6-15-5-3-7-22-14-15/h3,5,7,13-14,16-17H,1-2,4,6,8-12,21H2,(H,23,24,25). The van der Waals surface area contributed by atoms with Gasteiger partial charge in [0.25, 0.3) is 0 Å². The largest absolute Gasteiger partial charge is 0.370 e. The van der Waals surface area contributed by atoms with Gasteiger partial charge in [0.05, 0.1) is 5.69 Å². The quantitative estimate of drug-likeness (QED) is 0.746. The molecule has 0 bridgehead atoms. The molecule has 6 heteroatoms. The molecular weight excluding hydrogens is 324 g/mol. The smallest absolute Gasteiger partial charge is 0.227 e. The Balaban J connectivity index is 1.40. The second-order valence-electron chi connectivity index (χ2n) is 7.49. The second-order valence-corrected chi connectivity index (χ2v) is 7.49. The summed E-state index contributed by atoms with van der Waals surface area (Å²) in [6.45, 7) is 3.02. The molecule has 2 fully saturated rings. The van der Waals surface area contributed by atoms with Crippen LogP contribution >= 0.6 is 0 Å². The predicted octanol–water partition coefficient (Wildman–Crippen LogP) is 2.72. The maximum absolute atomic E-state index is 5.98. The van der Waals surface area contributed by atoms with E-state index in [4.69, 9.17) is 15.7 Å². The molecule has 3 N–H and O–H groups in total. The molecule has 0 aromatic carbocycles. The van der Waals surface area contributed by atoms with Gasteiger partial charge in [-0.1, -0.05) is 6.07 Å². The zero-order valence-corrected chi connectivity index (χ0v) is 15.3. The van der Waals surface area contributed by atoms with Gasteiger partial charge in [0, 0.05) is 50.1 Å². The third kappa shape index (κ3) is 4.12. The fourth-order valence-corrected chi connectivity index (χ4v) is 3.77. The fourth-order valence-electron chi connectivity index (χ4n) is 3.77. The third-order valence-electron chi connectivity index (χ3n) is 5.39. The van der Waals surface area contributed by atoms with Crippen LogP contribution in [0.3, 0.4) is 0 Å². The summed E-state index contributed by atoms with van der Waals surface area (Å²) in [4.78, 5) is 16.1. The fraction of sp³-hybridized carbons (Fsp3) is 0.550. The lowest BCUT2D eigenvalue weighted by atomic mass is 9.78. The number of anilines is 2. The van der Waals surface area contributed by atoms with Gasteiger partial charge in [0.2, 0.25) is 5.95 Å². The van der Waals surface area contributed by atoms with Crippen molar-refractivity contribution in [1.82, 2.24) is 15.0 Å². The average molecular weight is 352 g/mol. The highest BCUT2D eigenvalue weighted by molar-refractivity contribution is 5.45. The Morgan fingerprint density at radius 2 is 2.04 bits per heavy atom. The van der Waals surface area contributed by atoms with Gasteiger partial charge in [-0.2, -0.15) is 4.98 Å². The number of nitrogens with one attached hydrogen (secondary N) is 1. The van der Waals surface area contributed by atoms with Crippen molar-refractivity contribution in [2.45, 2.75) is 50.5 Å². The van der Waals surface area contributed by atoms with Crippen LogP contribution in [0.5, 0.6) is 0 Å². The van der Waals surface area contributed by atoms with Crippen LogP contribution < -0.4 is 16.0 Å². The topological polar surface area (TPSA) is 80.0 Å². The van der Waals surface area contributed by atoms with Crippen LogP contribution in [0.4, 0.5) is 11.8 Å². The van der Waals surface area contributed by atoms with Crippen molar-refractivity contribution >= 4 is 11.8 Å². The molecule has 2 aliphatic rings. The molecule has 1 saturated carbocycles. The maximum atomic E-state index is 5.98. The van der Waals surface area contributed by atoms with E-state index < -0.39 is 0 Å². The first kappa shape index (κ1) is 17.2. The molecule has 3 heterocycles. The van der Waals surface area contributed by atoms with Gasteiger partial charge in [-0.15, -0.1) is 0 Å². The van der Waals surface area contributed by atoms with E-state index >= 15 is 0 Å². The zero-order valence-electron chi connectivity index (χ0n) is 15.3. The van der Waals surface area contributed by atoms with E-state index in [1.807, 2.05) is 18.5 Å². The molecule has 1 aliphatic heterocycles. The van der Waals surface area contributed by atoms with Crippen molar-refractivity contribution in [3.63, 3.8) is 0 Å². The van der Waals surface area contributed by atoms with Gasteiger partial charge >= 0.3 is 0 Å². The van der Waals surface area contributed by atoms with Crippen molar-refractivity contribution < 1.29 is 0 Å². The number of nitrogens with two attached hydrogens (primary N) is 1. The highest BCUT2D eigenvalue weighted by Crippen LogP contribution is 2.36. The van der Waals surface area contributed by atoms with E-state index in [0.717, 1.165) is 62.8 Å². The summed E-state index contributed by atoms with van der Waals surface area (Å²) in [5.74, 6) is 2.32. The summed E-state index contributed by atoms with van der Waals surface area (Å²) in [6.07, 6.45) is 10.4. The summed E-state index contributed by atoms with van der Waals surface area (Å²) in [7, 11) is 0. The summed E-state index contributed by atoms with van der Waals surface area (Å²) in [5, 5.41) is 3.50. The number of aromatic nitrogens is 3. The number of nitrogens with zero attached hydrogens (tertiary/aromatic N) is 4. The Labute approximate surface area is 155 Å². The van der Waals surface area contributed by atoms with Crippen molar-refractivity contribution in [2.75, 3.05) is 29.9 Å². The van der Waals surface area contributed by atoms with E-state index in [-0.39, 0.29) is 0 Å². The van der Waals surface area contributed by atoms with Gasteiger partial charge in [-0.05, 0) is 50.2 Å². The monoisotopic (exact) mass is 352 g/mol. The highest BCUT2D eigenvalue weighted by Gasteiger charge is 2.30. The Kier molecular flexibility index (Phi) is 5.29. The summed E-state index contributed by atoms with van der Waals surface area (Å²) >= 11 is 0. The highest BCUT2D eigenvalue weighted by atomic mass is 15.3. The van der Waals surface area contributed by atoms with Crippen LogP contribution in [0.1, 0.15) is 49.3 Å². The Morgan fingerprint density at radius 1 is 1.19 bits per heavy atom. The molecule has 4 rings (SSSR count).